The molecule has 1 aliphatic heterocycles. The van der Waals surface area contributed by atoms with Gasteiger partial charge in [0, 0.05) is 38.2 Å². The minimum Gasteiger partial charge on any atom is -0.356 e. The van der Waals surface area contributed by atoms with Crippen molar-refractivity contribution in [3.05, 3.63) is 34.6 Å². The largest absolute Gasteiger partial charge is 0.356 e. The summed E-state index contributed by atoms with van der Waals surface area (Å²) in [6.07, 6.45) is 1.95. The lowest BCUT2D eigenvalue weighted by Crippen LogP contribution is -2.41. The van der Waals surface area contributed by atoms with Gasteiger partial charge in [-0.1, -0.05) is 31.5 Å². The Morgan fingerprint density at radius 2 is 2.12 bits per heavy atom. The molecule has 0 aliphatic carbocycles. The number of rotatable bonds is 7. The van der Waals surface area contributed by atoms with Gasteiger partial charge in [-0.05, 0) is 49.5 Å². The molecule has 7 heteroatoms. The number of hydrogen-bond acceptors (Lipinski definition) is 2. The summed E-state index contributed by atoms with van der Waals surface area (Å²) in [5, 5.41) is 3.90. The van der Waals surface area contributed by atoms with Gasteiger partial charge in [-0.15, -0.1) is 24.0 Å². The first-order valence-corrected chi connectivity index (χ1v) is 9.57. The normalized spacial score (nSPS) is 17.5. The van der Waals surface area contributed by atoms with Crippen LogP contribution in [0.15, 0.2) is 23.2 Å². The van der Waals surface area contributed by atoms with Crippen molar-refractivity contribution in [3.8, 4) is 0 Å². The fourth-order valence-corrected chi connectivity index (χ4v) is 3.65. The number of likely N-dealkylation sites (tertiary alicyclic amines) is 1. The Bertz CT molecular complexity index is 581. The Morgan fingerprint density at radius 3 is 2.73 bits per heavy atom. The number of aliphatic imine (C=N–C) groups is 1. The highest BCUT2D eigenvalue weighted by atomic mass is 127. The maximum atomic E-state index is 13.1. The summed E-state index contributed by atoms with van der Waals surface area (Å²) in [6.45, 7) is 10.6. The molecule has 1 aromatic rings. The fourth-order valence-electron chi connectivity index (χ4n) is 3.39. The SMILES string of the molecule is CCN(CC)CC1CCN(C(=NC)NCCc2ccc(F)cc2Cl)C1.I. The molecule has 26 heavy (non-hydrogen) atoms. The van der Waals surface area contributed by atoms with Crippen molar-refractivity contribution in [1.82, 2.24) is 15.1 Å². The van der Waals surface area contributed by atoms with Gasteiger partial charge < -0.3 is 15.1 Å². The van der Waals surface area contributed by atoms with Gasteiger partial charge in [0.2, 0.25) is 0 Å². The van der Waals surface area contributed by atoms with E-state index in [0.29, 0.717) is 10.9 Å². The van der Waals surface area contributed by atoms with Gasteiger partial charge in [0.15, 0.2) is 5.96 Å². The first-order chi connectivity index (χ1) is 12.1. The highest BCUT2D eigenvalue weighted by Gasteiger charge is 2.25. The zero-order chi connectivity index (χ0) is 18.2. The maximum absolute atomic E-state index is 13.1. The van der Waals surface area contributed by atoms with E-state index in [1.165, 1.54) is 18.6 Å². The van der Waals surface area contributed by atoms with Crippen LogP contribution in [0.4, 0.5) is 4.39 Å². The van der Waals surface area contributed by atoms with Crippen LogP contribution in [0.2, 0.25) is 5.02 Å². The summed E-state index contributed by atoms with van der Waals surface area (Å²) in [6, 6.07) is 4.57. The zero-order valence-corrected chi connectivity index (χ0v) is 19.1. The van der Waals surface area contributed by atoms with E-state index in [1.54, 1.807) is 6.07 Å². The number of nitrogens with one attached hydrogen (secondary N) is 1. The molecule has 1 aliphatic rings. The van der Waals surface area contributed by atoms with Crippen LogP contribution >= 0.6 is 35.6 Å². The van der Waals surface area contributed by atoms with E-state index in [-0.39, 0.29) is 29.8 Å². The van der Waals surface area contributed by atoms with Crippen molar-refractivity contribution >= 4 is 41.5 Å². The number of hydrogen-bond donors (Lipinski definition) is 1. The Balaban J connectivity index is 0.00000338. The molecule has 1 fully saturated rings. The van der Waals surface area contributed by atoms with Gasteiger partial charge in [0.05, 0.1) is 0 Å². The second-order valence-electron chi connectivity index (χ2n) is 6.55. The van der Waals surface area contributed by atoms with Crippen molar-refractivity contribution < 1.29 is 4.39 Å². The van der Waals surface area contributed by atoms with E-state index in [0.717, 1.165) is 57.2 Å². The van der Waals surface area contributed by atoms with Crippen LogP contribution in [0.3, 0.4) is 0 Å². The summed E-state index contributed by atoms with van der Waals surface area (Å²) in [5.41, 5.74) is 0.951. The molecule has 1 heterocycles. The molecule has 1 saturated heterocycles. The van der Waals surface area contributed by atoms with Gasteiger partial charge in [-0.2, -0.15) is 0 Å². The third kappa shape index (κ3) is 6.85. The number of nitrogens with zero attached hydrogens (tertiary/aromatic N) is 3. The monoisotopic (exact) mass is 496 g/mol. The standard InChI is InChI=1S/C19H30ClFN4.HI/c1-4-24(5-2)13-15-9-11-25(14-15)19(22-3)23-10-8-16-6-7-17(21)12-18(16)20;/h6-7,12,15H,4-5,8-11,13-14H2,1-3H3,(H,22,23);1H. The predicted octanol–water partition coefficient (Wildman–Crippen LogP) is 3.88. The molecular formula is C19H31ClFIN4. The van der Waals surface area contributed by atoms with E-state index < -0.39 is 0 Å². The summed E-state index contributed by atoms with van der Waals surface area (Å²) in [7, 11) is 1.82. The molecule has 148 valence electrons. The van der Waals surface area contributed by atoms with Crippen molar-refractivity contribution in [2.24, 2.45) is 10.9 Å². The van der Waals surface area contributed by atoms with E-state index in [9.17, 15) is 4.39 Å². The number of halogens is 3. The quantitative estimate of drug-likeness (QED) is 0.353. The molecule has 1 aromatic carbocycles. The van der Waals surface area contributed by atoms with E-state index in [2.05, 4.69) is 34.0 Å². The van der Waals surface area contributed by atoms with Gasteiger partial charge in [0.25, 0.3) is 0 Å². The molecule has 1 unspecified atom stereocenters. The summed E-state index contributed by atoms with van der Waals surface area (Å²) in [4.78, 5) is 9.24. The lowest BCUT2D eigenvalue weighted by molar-refractivity contribution is 0.255. The molecule has 0 bridgehead atoms. The molecular weight excluding hydrogens is 466 g/mol. The summed E-state index contributed by atoms with van der Waals surface area (Å²) < 4.78 is 13.1. The molecule has 2 rings (SSSR count). The van der Waals surface area contributed by atoms with Gasteiger partial charge in [0.1, 0.15) is 5.82 Å². The first kappa shape index (κ1) is 23.4. The average molecular weight is 497 g/mol. The third-order valence-corrected chi connectivity index (χ3v) is 5.25. The molecule has 0 radical (unpaired) electrons. The van der Waals surface area contributed by atoms with Gasteiger partial charge in [-0.3, -0.25) is 4.99 Å². The molecule has 0 amide bonds. The van der Waals surface area contributed by atoms with Crippen molar-refractivity contribution in [3.63, 3.8) is 0 Å². The lowest BCUT2D eigenvalue weighted by Gasteiger charge is -2.24. The van der Waals surface area contributed by atoms with Crippen LogP contribution in [0, 0.1) is 11.7 Å². The Morgan fingerprint density at radius 1 is 1.38 bits per heavy atom. The van der Waals surface area contributed by atoms with Gasteiger partial charge in [-0.25, -0.2) is 4.39 Å². The van der Waals surface area contributed by atoms with E-state index in [1.807, 2.05) is 7.05 Å². The molecule has 1 N–H and O–H groups in total. The topological polar surface area (TPSA) is 30.9 Å². The number of guanidine groups is 1. The minimum atomic E-state index is -0.297. The Kier molecular flexibility index (Phi) is 10.8. The van der Waals surface area contributed by atoms with Crippen LogP contribution < -0.4 is 5.32 Å². The van der Waals surface area contributed by atoms with Gasteiger partial charge >= 0.3 is 0 Å². The van der Waals surface area contributed by atoms with E-state index >= 15 is 0 Å². The second kappa shape index (κ2) is 12.0. The van der Waals surface area contributed by atoms with Crippen molar-refractivity contribution in [1.29, 1.82) is 0 Å². The highest BCUT2D eigenvalue weighted by Crippen LogP contribution is 2.19. The van der Waals surface area contributed by atoms with Crippen LogP contribution in [0.5, 0.6) is 0 Å². The third-order valence-electron chi connectivity index (χ3n) is 4.90. The van der Waals surface area contributed by atoms with Crippen LogP contribution in [0.25, 0.3) is 0 Å². The lowest BCUT2D eigenvalue weighted by atomic mass is 10.1. The van der Waals surface area contributed by atoms with Crippen LogP contribution in [-0.4, -0.2) is 62.1 Å². The van der Waals surface area contributed by atoms with Crippen molar-refractivity contribution in [2.45, 2.75) is 26.7 Å². The van der Waals surface area contributed by atoms with Crippen molar-refractivity contribution in [2.75, 3.05) is 46.3 Å². The highest BCUT2D eigenvalue weighted by molar-refractivity contribution is 14.0. The zero-order valence-electron chi connectivity index (χ0n) is 16.0. The fraction of sp³-hybridized carbons (Fsp3) is 0.632. The van der Waals surface area contributed by atoms with E-state index in [4.69, 9.17) is 11.6 Å². The van der Waals surface area contributed by atoms with Crippen LogP contribution in [0.1, 0.15) is 25.8 Å². The average Bonchev–Trinajstić information content (AvgIpc) is 3.06. The molecule has 1 atom stereocenters. The molecule has 0 saturated carbocycles. The molecule has 4 nitrogen and oxygen atoms in total. The minimum absolute atomic E-state index is 0. The Hall–Kier alpha value is -0.600. The van der Waals surface area contributed by atoms with Crippen LogP contribution in [-0.2, 0) is 6.42 Å². The smallest absolute Gasteiger partial charge is 0.193 e. The summed E-state index contributed by atoms with van der Waals surface area (Å²) in [5.74, 6) is 1.35. The molecule has 0 spiro atoms. The first-order valence-electron chi connectivity index (χ1n) is 9.19. The molecule has 0 aromatic heterocycles. The Labute approximate surface area is 179 Å². The summed E-state index contributed by atoms with van der Waals surface area (Å²) >= 11 is 6.09. The predicted molar refractivity (Wildman–Crippen MR) is 119 cm³/mol. The second-order valence-corrected chi connectivity index (χ2v) is 6.95. The number of benzene rings is 1. The maximum Gasteiger partial charge on any atom is 0.193 e.